The molecule has 1 heterocycles. The van der Waals surface area contributed by atoms with Crippen molar-refractivity contribution in [2.24, 2.45) is 5.73 Å². The predicted molar refractivity (Wildman–Crippen MR) is 67.8 cm³/mol. The molecule has 0 aromatic rings. The standard InChI is InChI=1S/C12H25N3O2/c1-10(17-3)4-5-12(16)15-7-6-14(2)9-11(15)8-13/h10-11H,4-9,13H2,1-3H3. The zero-order chi connectivity index (χ0) is 12.8. The lowest BCUT2D eigenvalue weighted by Crippen LogP contribution is -2.56. The van der Waals surface area contributed by atoms with Crippen LogP contribution in [0.25, 0.3) is 0 Å². The Bertz CT molecular complexity index is 248. The Kier molecular flexibility index (Phi) is 5.88. The van der Waals surface area contributed by atoms with Crippen LogP contribution >= 0.6 is 0 Å². The molecule has 0 aromatic heterocycles. The zero-order valence-corrected chi connectivity index (χ0v) is 11.2. The third-order valence-electron chi connectivity index (χ3n) is 3.45. The summed E-state index contributed by atoms with van der Waals surface area (Å²) in [4.78, 5) is 16.2. The van der Waals surface area contributed by atoms with Crippen LogP contribution in [-0.4, -0.2) is 68.2 Å². The largest absolute Gasteiger partial charge is 0.382 e. The maximum atomic E-state index is 12.1. The van der Waals surface area contributed by atoms with Gasteiger partial charge < -0.3 is 20.3 Å². The number of piperazine rings is 1. The zero-order valence-electron chi connectivity index (χ0n) is 11.2. The fourth-order valence-electron chi connectivity index (χ4n) is 2.13. The summed E-state index contributed by atoms with van der Waals surface area (Å²) in [5, 5.41) is 0. The van der Waals surface area contributed by atoms with Gasteiger partial charge in [0.2, 0.25) is 5.91 Å². The van der Waals surface area contributed by atoms with Crippen molar-refractivity contribution >= 4 is 5.91 Å². The van der Waals surface area contributed by atoms with E-state index in [1.165, 1.54) is 0 Å². The minimum Gasteiger partial charge on any atom is -0.382 e. The summed E-state index contributed by atoms with van der Waals surface area (Å²) in [6, 6.07) is 0.166. The van der Waals surface area contributed by atoms with Gasteiger partial charge in [0.15, 0.2) is 0 Å². The second-order valence-electron chi connectivity index (χ2n) is 4.82. The van der Waals surface area contributed by atoms with E-state index in [1.54, 1.807) is 7.11 Å². The molecule has 17 heavy (non-hydrogen) atoms. The fourth-order valence-corrected chi connectivity index (χ4v) is 2.13. The summed E-state index contributed by atoms with van der Waals surface area (Å²) in [5.74, 6) is 0.206. The molecular formula is C12H25N3O2. The van der Waals surface area contributed by atoms with Crippen LogP contribution in [0.15, 0.2) is 0 Å². The van der Waals surface area contributed by atoms with Crippen molar-refractivity contribution in [2.45, 2.75) is 31.9 Å². The molecule has 0 spiro atoms. The summed E-state index contributed by atoms with van der Waals surface area (Å²) in [7, 11) is 3.74. The van der Waals surface area contributed by atoms with Gasteiger partial charge in [-0.15, -0.1) is 0 Å². The van der Waals surface area contributed by atoms with E-state index < -0.39 is 0 Å². The number of methoxy groups -OCH3 is 1. The van der Waals surface area contributed by atoms with Gasteiger partial charge in [-0.3, -0.25) is 4.79 Å². The van der Waals surface area contributed by atoms with Gasteiger partial charge in [0.1, 0.15) is 0 Å². The molecule has 0 saturated carbocycles. The van der Waals surface area contributed by atoms with E-state index in [2.05, 4.69) is 11.9 Å². The minimum absolute atomic E-state index is 0.141. The third-order valence-corrected chi connectivity index (χ3v) is 3.45. The van der Waals surface area contributed by atoms with Crippen LogP contribution in [0.4, 0.5) is 0 Å². The molecule has 100 valence electrons. The van der Waals surface area contributed by atoms with Gasteiger partial charge in [0, 0.05) is 39.7 Å². The highest BCUT2D eigenvalue weighted by Gasteiger charge is 2.27. The fraction of sp³-hybridized carbons (Fsp3) is 0.917. The van der Waals surface area contributed by atoms with Gasteiger partial charge in [-0.1, -0.05) is 0 Å². The summed E-state index contributed by atoms with van der Waals surface area (Å²) < 4.78 is 5.15. The van der Waals surface area contributed by atoms with Gasteiger partial charge in [0.05, 0.1) is 12.1 Å². The number of carbonyl (C=O) groups excluding carboxylic acids is 1. The van der Waals surface area contributed by atoms with Crippen molar-refractivity contribution < 1.29 is 9.53 Å². The molecule has 0 aromatic carbocycles. The van der Waals surface area contributed by atoms with Crippen LogP contribution in [0.3, 0.4) is 0 Å². The molecule has 1 aliphatic heterocycles. The highest BCUT2D eigenvalue weighted by atomic mass is 16.5. The van der Waals surface area contributed by atoms with E-state index in [1.807, 2.05) is 11.8 Å². The first-order valence-corrected chi connectivity index (χ1v) is 6.29. The van der Waals surface area contributed by atoms with E-state index in [4.69, 9.17) is 10.5 Å². The van der Waals surface area contributed by atoms with Crippen molar-refractivity contribution in [3.63, 3.8) is 0 Å². The molecule has 2 atom stereocenters. The molecule has 1 saturated heterocycles. The monoisotopic (exact) mass is 243 g/mol. The van der Waals surface area contributed by atoms with Crippen molar-refractivity contribution in [3.8, 4) is 0 Å². The molecule has 5 heteroatoms. The maximum absolute atomic E-state index is 12.1. The Morgan fingerprint density at radius 2 is 2.24 bits per heavy atom. The van der Waals surface area contributed by atoms with Gasteiger partial charge in [-0.25, -0.2) is 0 Å². The lowest BCUT2D eigenvalue weighted by Gasteiger charge is -2.39. The Hall–Kier alpha value is -0.650. The number of hydrogen-bond donors (Lipinski definition) is 1. The molecule has 1 aliphatic rings. The van der Waals surface area contributed by atoms with Gasteiger partial charge in [-0.2, -0.15) is 0 Å². The van der Waals surface area contributed by atoms with Gasteiger partial charge >= 0.3 is 0 Å². The molecule has 2 unspecified atom stereocenters. The van der Waals surface area contributed by atoms with E-state index in [0.29, 0.717) is 13.0 Å². The number of amides is 1. The first-order chi connectivity index (χ1) is 8.08. The molecule has 0 radical (unpaired) electrons. The SMILES string of the molecule is COC(C)CCC(=O)N1CCN(C)CC1CN. The molecule has 0 bridgehead atoms. The summed E-state index contributed by atoms with van der Waals surface area (Å²) >= 11 is 0. The van der Waals surface area contributed by atoms with Crippen LogP contribution in [-0.2, 0) is 9.53 Å². The number of nitrogens with two attached hydrogens (primary N) is 1. The van der Waals surface area contributed by atoms with E-state index in [-0.39, 0.29) is 18.1 Å². The molecule has 1 rings (SSSR count). The second-order valence-corrected chi connectivity index (χ2v) is 4.82. The quantitative estimate of drug-likeness (QED) is 0.733. The first kappa shape index (κ1) is 14.4. The van der Waals surface area contributed by atoms with Crippen LogP contribution in [0.2, 0.25) is 0 Å². The van der Waals surface area contributed by atoms with Crippen LogP contribution in [0.5, 0.6) is 0 Å². The Balaban J connectivity index is 2.44. The average Bonchev–Trinajstić information content (AvgIpc) is 2.35. The number of rotatable bonds is 5. The van der Waals surface area contributed by atoms with Gasteiger partial charge in [-0.05, 0) is 20.4 Å². The van der Waals surface area contributed by atoms with Crippen molar-refractivity contribution in [1.82, 2.24) is 9.80 Å². The smallest absolute Gasteiger partial charge is 0.223 e. The molecule has 1 fully saturated rings. The van der Waals surface area contributed by atoms with Crippen molar-refractivity contribution in [3.05, 3.63) is 0 Å². The lowest BCUT2D eigenvalue weighted by molar-refractivity contribution is -0.136. The first-order valence-electron chi connectivity index (χ1n) is 6.29. The third kappa shape index (κ3) is 4.26. The Morgan fingerprint density at radius 3 is 2.82 bits per heavy atom. The van der Waals surface area contributed by atoms with Crippen LogP contribution in [0.1, 0.15) is 19.8 Å². The number of likely N-dealkylation sites (N-methyl/N-ethyl adjacent to an activating group) is 1. The van der Waals surface area contributed by atoms with Gasteiger partial charge in [0.25, 0.3) is 0 Å². The Morgan fingerprint density at radius 1 is 1.53 bits per heavy atom. The summed E-state index contributed by atoms with van der Waals surface area (Å²) in [6.07, 6.45) is 1.47. The molecule has 1 amide bonds. The topological polar surface area (TPSA) is 58.8 Å². The number of carbonyl (C=O) groups is 1. The highest BCUT2D eigenvalue weighted by molar-refractivity contribution is 5.76. The summed E-state index contributed by atoms with van der Waals surface area (Å²) in [6.45, 7) is 5.12. The van der Waals surface area contributed by atoms with Crippen LogP contribution in [0, 0.1) is 0 Å². The molecular weight excluding hydrogens is 218 g/mol. The Labute approximate surface area is 104 Å². The normalized spacial score (nSPS) is 23.8. The van der Waals surface area contributed by atoms with Crippen molar-refractivity contribution in [2.75, 3.05) is 40.3 Å². The number of nitrogens with zero attached hydrogens (tertiary/aromatic N) is 2. The molecule has 0 aliphatic carbocycles. The average molecular weight is 243 g/mol. The van der Waals surface area contributed by atoms with Crippen LogP contribution < -0.4 is 5.73 Å². The maximum Gasteiger partial charge on any atom is 0.223 e. The number of ether oxygens (including phenoxy) is 1. The number of hydrogen-bond acceptors (Lipinski definition) is 4. The van der Waals surface area contributed by atoms with E-state index >= 15 is 0 Å². The molecule has 5 nitrogen and oxygen atoms in total. The predicted octanol–water partition coefficient (Wildman–Crippen LogP) is -0.0972. The molecule has 2 N–H and O–H groups in total. The van der Waals surface area contributed by atoms with E-state index in [9.17, 15) is 4.79 Å². The highest BCUT2D eigenvalue weighted by Crippen LogP contribution is 2.11. The lowest BCUT2D eigenvalue weighted by atomic mass is 10.1. The van der Waals surface area contributed by atoms with E-state index in [0.717, 1.165) is 26.1 Å². The minimum atomic E-state index is 0.141. The summed E-state index contributed by atoms with van der Waals surface area (Å²) in [5.41, 5.74) is 5.73. The van der Waals surface area contributed by atoms with Crippen molar-refractivity contribution in [1.29, 1.82) is 0 Å². The second kappa shape index (κ2) is 6.93.